The Morgan fingerprint density at radius 1 is 0.935 bits per heavy atom. The molecule has 0 N–H and O–H groups in total. The van der Waals surface area contributed by atoms with Crippen LogP contribution < -0.4 is 9.47 Å². The molecule has 0 bridgehead atoms. The lowest BCUT2D eigenvalue weighted by molar-refractivity contribution is -0.139. The fourth-order valence-electron chi connectivity index (χ4n) is 4.46. The van der Waals surface area contributed by atoms with Crippen molar-refractivity contribution in [2.24, 2.45) is 5.92 Å². The van der Waals surface area contributed by atoms with Crippen molar-refractivity contribution in [3.05, 3.63) is 59.7 Å². The Morgan fingerprint density at radius 2 is 1.71 bits per heavy atom. The van der Waals surface area contributed by atoms with Crippen LogP contribution in [0.5, 0.6) is 11.5 Å². The van der Waals surface area contributed by atoms with Crippen molar-refractivity contribution in [2.45, 2.75) is 5.92 Å². The van der Waals surface area contributed by atoms with Gasteiger partial charge in [-0.2, -0.15) is 0 Å². The molecule has 0 radical (unpaired) electrons. The molecule has 2 aliphatic heterocycles. The fraction of sp³-hybridized carbons (Fsp3) is 0.417. The minimum Gasteiger partial charge on any atom is -0.497 e. The average Bonchev–Trinajstić information content (AvgIpc) is 3.28. The van der Waals surface area contributed by atoms with E-state index in [4.69, 9.17) is 14.2 Å². The molecular weight excluding hydrogens is 396 g/mol. The highest BCUT2D eigenvalue weighted by atomic mass is 16.5. The minimum atomic E-state index is -0.330. The van der Waals surface area contributed by atoms with Gasteiger partial charge in [0.1, 0.15) is 11.5 Å². The molecule has 2 aliphatic rings. The summed E-state index contributed by atoms with van der Waals surface area (Å²) in [5.74, 6) is 0.872. The maximum atomic E-state index is 13.5. The van der Waals surface area contributed by atoms with E-state index in [2.05, 4.69) is 0 Å². The molecule has 31 heavy (non-hydrogen) atoms. The Hall–Kier alpha value is -3.06. The summed E-state index contributed by atoms with van der Waals surface area (Å²) in [6.45, 7) is 3.08. The van der Waals surface area contributed by atoms with Crippen LogP contribution >= 0.6 is 0 Å². The summed E-state index contributed by atoms with van der Waals surface area (Å²) in [4.78, 5) is 30.4. The van der Waals surface area contributed by atoms with Crippen LogP contribution in [0.15, 0.2) is 48.5 Å². The number of likely N-dealkylation sites (tertiary alicyclic amines) is 1. The highest BCUT2D eigenvalue weighted by Crippen LogP contribution is 2.39. The van der Waals surface area contributed by atoms with Gasteiger partial charge in [-0.05, 0) is 29.8 Å². The van der Waals surface area contributed by atoms with Crippen molar-refractivity contribution >= 4 is 11.8 Å². The summed E-state index contributed by atoms with van der Waals surface area (Å²) in [6.07, 6.45) is 0. The zero-order valence-electron chi connectivity index (χ0n) is 18.0. The standard InChI is InChI=1S/C24H28N2O5/c1-29-18-7-5-6-17(14-18)23(27)26-15-20(19-8-3-4-9-22(19)30-2)21(16-26)24(28)25-10-12-31-13-11-25/h3-9,14,20-21H,10-13,15-16H2,1-2H3/t20-,21-/m0/s1. The van der Waals surface area contributed by atoms with Gasteiger partial charge in [-0.25, -0.2) is 0 Å². The predicted molar refractivity (Wildman–Crippen MR) is 116 cm³/mol. The normalized spacial score (nSPS) is 21.1. The molecule has 0 unspecified atom stereocenters. The number of methoxy groups -OCH3 is 2. The van der Waals surface area contributed by atoms with Gasteiger partial charge in [0.15, 0.2) is 0 Å². The van der Waals surface area contributed by atoms with Crippen molar-refractivity contribution in [1.82, 2.24) is 9.80 Å². The molecule has 2 saturated heterocycles. The first-order valence-electron chi connectivity index (χ1n) is 10.5. The van der Waals surface area contributed by atoms with Crippen molar-refractivity contribution in [1.29, 1.82) is 0 Å². The Kier molecular flexibility index (Phi) is 6.42. The fourth-order valence-corrected chi connectivity index (χ4v) is 4.46. The number of carbonyl (C=O) groups excluding carboxylic acids is 2. The van der Waals surface area contributed by atoms with E-state index < -0.39 is 0 Å². The van der Waals surface area contributed by atoms with Crippen LogP contribution in [0.1, 0.15) is 21.8 Å². The van der Waals surface area contributed by atoms with E-state index in [0.29, 0.717) is 50.7 Å². The summed E-state index contributed by atoms with van der Waals surface area (Å²) in [5, 5.41) is 0. The topological polar surface area (TPSA) is 68.3 Å². The monoisotopic (exact) mass is 424 g/mol. The second-order valence-corrected chi connectivity index (χ2v) is 7.83. The quantitative estimate of drug-likeness (QED) is 0.738. The zero-order valence-corrected chi connectivity index (χ0v) is 18.0. The Morgan fingerprint density at radius 3 is 2.45 bits per heavy atom. The van der Waals surface area contributed by atoms with Gasteiger partial charge in [0.05, 0.1) is 33.4 Å². The third-order valence-electron chi connectivity index (χ3n) is 6.10. The van der Waals surface area contributed by atoms with E-state index in [-0.39, 0.29) is 23.7 Å². The van der Waals surface area contributed by atoms with Gasteiger partial charge in [0, 0.05) is 37.7 Å². The number of morpholine rings is 1. The van der Waals surface area contributed by atoms with Crippen LogP contribution in [0.2, 0.25) is 0 Å². The number of para-hydroxylation sites is 1. The number of hydrogen-bond acceptors (Lipinski definition) is 5. The second kappa shape index (κ2) is 9.39. The zero-order chi connectivity index (χ0) is 21.8. The molecule has 4 rings (SSSR count). The first-order valence-corrected chi connectivity index (χ1v) is 10.5. The first kappa shape index (κ1) is 21.2. The van der Waals surface area contributed by atoms with Gasteiger partial charge in [0.25, 0.3) is 5.91 Å². The molecule has 2 aromatic carbocycles. The third-order valence-corrected chi connectivity index (χ3v) is 6.10. The molecule has 0 aliphatic carbocycles. The van der Waals surface area contributed by atoms with E-state index in [9.17, 15) is 9.59 Å². The van der Waals surface area contributed by atoms with Crippen molar-refractivity contribution in [3.63, 3.8) is 0 Å². The smallest absolute Gasteiger partial charge is 0.254 e. The lowest BCUT2D eigenvalue weighted by Crippen LogP contribution is -2.45. The molecule has 0 saturated carbocycles. The molecular formula is C24H28N2O5. The molecule has 0 aromatic heterocycles. The number of ether oxygens (including phenoxy) is 3. The molecule has 7 heteroatoms. The van der Waals surface area contributed by atoms with Crippen molar-refractivity contribution in [2.75, 3.05) is 53.6 Å². The summed E-state index contributed by atoms with van der Waals surface area (Å²) >= 11 is 0. The maximum absolute atomic E-state index is 13.5. The van der Waals surface area contributed by atoms with E-state index in [1.54, 1.807) is 37.3 Å². The number of nitrogens with zero attached hydrogens (tertiary/aromatic N) is 2. The van der Waals surface area contributed by atoms with Crippen LogP contribution in [0.4, 0.5) is 0 Å². The van der Waals surface area contributed by atoms with Gasteiger partial charge in [-0.3, -0.25) is 9.59 Å². The third kappa shape index (κ3) is 4.37. The maximum Gasteiger partial charge on any atom is 0.254 e. The number of hydrogen-bond donors (Lipinski definition) is 0. The number of rotatable bonds is 5. The van der Waals surface area contributed by atoms with Gasteiger partial charge in [-0.15, -0.1) is 0 Å². The largest absolute Gasteiger partial charge is 0.497 e. The van der Waals surface area contributed by atoms with E-state index in [0.717, 1.165) is 11.3 Å². The molecule has 2 atom stereocenters. The summed E-state index contributed by atoms with van der Waals surface area (Å²) in [5.41, 5.74) is 1.51. The van der Waals surface area contributed by atoms with E-state index in [1.165, 1.54) is 0 Å². The van der Waals surface area contributed by atoms with Crippen LogP contribution in [-0.2, 0) is 9.53 Å². The molecule has 2 heterocycles. The summed E-state index contributed by atoms with van der Waals surface area (Å²) in [6, 6.07) is 14.9. The molecule has 2 aromatic rings. The van der Waals surface area contributed by atoms with Gasteiger partial charge < -0.3 is 24.0 Å². The highest BCUT2D eigenvalue weighted by Gasteiger charge is 2.43. The van der Waals surface area contributed by atoms with Crippen LogP contribution in [0, 0.1) is 5.92 Å². The molecule has 0 spiro atoms. The van der Waals surface area contributed by atoms with Gasteiger partial charge >= 0.3 is 0 Å². The Balaban J connectivity index is 1.64. The van der Waals surface area contributed by atoms with E-state index >= 15 is 0 Å². The van der Waals surface area contributed by atoms with Crippen LogP contribution in [0.25, 0.3) is 0 Å². The number of carbonyl (C=O) groups is 2. The number of amides is 2. The van der Waals surface area contributed by atoms with E-state index in [1.807, 2.05) is 35.2 Å². The molecule has 164 valence electrons. The Bertz CT molecular complexity index is 941. The lowest BCUT2D eigenvalue weighted by atomic mass is 9.87. The van der Waals surface area contributed by atoms with Crippen molar-refractivity contribution in [3.8, 4) is 11.5 Å². The first-order chi connectivity index (χ1) is 15.1. The molecule has 2 amide bonds. The minimum absolute atomic E-state index is 0.0696. The SMILES string of the molecule is COc1cccc(C(=O)N2C[C@H](C(=O)N3CCOCC3)[C@H](c3ccccc3OC)C2)c1. The molecule has 7 nitrogen and oxygen atoms in total. The number of benzene rings is 2. The van der Waals surface area contributed by atoms with Crippen LogP contribution in [0.3, 0.4) is 0 Å². The Labute approximate surface area is 182 Å². The van der Waals surface area contributed by atoms with Gasteiger partial charge in [-0.1, -0.05) is 24.3 Å². The summed E-state index contributed by atoms with van der Waals surface area (Å²) < 4.78 is 16.3. The second-order valence-electron chi connectivity index (χ2n) is 7.83. The highest BCUT2D eigenvalue weighted by molar-refractivity contribution is 5.95. The molecule has 2 fully saturated rings. The average molecular weight is 424 g/mol. The van der Waals surface area contributed by atoms with Crippen molar-refractivity contribution < 1.29 is 23.8 Å². The lowest BCUT2D eigenvalue weighted by Gasteiger charge is -2.31. The van der Waals surface area contributed by atoms with Crippen LogP contribution in [-0.4, -0.2) is 75.2 Å². The summed E-state index contributed by atoms with van der Waals surface area (Å²) in [7, 11) is 3.21. The van der Waals surface area contributed by atoms with Gasteiger partial charge in [0.2, 0.25) is 5.91 Å². The predicted octanol–water partition coefficient (Wildman–Crippen LogP) is 2.42.